The Morgan fingerprint density at radius 1 is 1.29 bits per heavy atom. The van der Waals surface area contributed by atoms with Crippen molar-refractivity contribution in [1.82, 2.24) is 10.2 Å². The topological polar surface area (TPSA) is 88.1 Å². The molecule has 7 heteroatoms. The zero-order valence-electron chi connectivity index (χ0n) is 13.8. The summed E-state index contributed by atoms with van der Waals surface area (Å²) < 4.78 is 9.88. The monoisotopic (exact) mass is 304 g/mol. The predicted molar refractivity (Wildman–Crippen MR) is 79.0 cm³/mol. The van der Waals surface area contributed by atoms with Gasteiger partial charge < -0.3 is 24.8 Å². The number of carbonyl (C=O) groups excluding carboxylic acids is 2. The van der Waals surface area contributed by atoms with Crippen LogP contribution in [0.4, 0.5) is 4.79 Å². The van der Waals surface area contributed by atoms with E-state index in [-0.39, 0.29) is 12.5 Å². The number of nitrogens with zero attached hydrogens (tertiary/aromatic N) is 1. The van der Waals surface area contributed by atoms with E-state index in [1.807, 2.05) is 0 Å². The van der Waals surface area contributed by atoms with E-state index < -0.39 is 23.8 Å². The van der Waals surface area contributed by atoms with E-state index >= 15 is 0 Å². The molecule has 0 saturated carbocycles. The number of esters is 1. The first kappa shape index (κ1) is 19.7. The smallest absolute Gasteiger partial charge is 0.410 e. The molecule has 0 saturated heterocycles. The third-order valence-corrected chi connectivity index (χ3v) is 2.52. The second-order valence-electron chi connectivity index (χ2n) is 5.97. The molecule has 0 aliphatic carbocycles. The summed E-state index contributed by atoms with van der Waals surface area (Å²) in [6.07, 6.45) is -1.15. The van der Waals surface area contributed by atoms with Crippen LogP contribution in [0.2, 0.25) is 0 Å². The number of hydrogen-bond donors (Lipinski definition) is 2. The van der Waals surface area contributed by atoms with Gasteiger partial charge >= 0.3 is 12.1 Å². The summed E-state index contributed by atoms with van der Waals surface area (Å²) in [5.41, 5.74) is -0.596. The fourth-order valence-electron chi connectivity index (χ4n) is 1.58. The van der Waals surface area contributed by atoms with Crippen LogP contribution in [-0.4, -0.2) is 66.6 Å². The zero-order chi connectivity index (χ0) is 16.6. The maximum atomic E-state index is 12.0. The van der Waals surface area contributed by atoms with E-state index in [1.54, 1.807) is 34.6 Å². The molecular weight excluding hydrogens is 276 g/mol. The fourth-order valence-corrected chi connectivity index (χ4v) is 1.58. The highest BCUT2D eigenvalue weighted by molar-refractivity contribution is 5.75. The first-order chi connectivity index (χ1) is 9.56. The van der Waals surface area contributed by atoms with Gasteiger partial charge in [-0.15, -0.1) is 0 Å². The van der Waals surface area contributed by atoms with Gasteiger partial charge in [0.15, 0.2) is 0 Å². The maximum absolute atomic E-state index is 12.0. The molecule has 21 heavy (non-hydrogen) atoms. The van der Waals surface area contributed by atoms with Gasteiger partial charge in [-0.2, -0.15) is 0 Å². The number of ether oxygens (including phenoxy) is 2. The third kappa shape index (κ3) is 9.25. The molecule has 0 aromatic heterocycles. The number of amides is 1. The van der Waals surface area contributed by atoms with E-state index in [0.29, 0.717) is 13.1 Å². The zero-order valence-corrected chi connectivity index (χ0v) is 13.8. The lowest BCUT2D eigenvalue weighted by atomic mass is 10.2. The van der Waals surface area contributed by atoms with E-state index in [1.165, 1.54) is 12.0 Å². The lowest BCUT2D eigenvalue weighted by Gasteiger charge is -2.28. The summed E-state index contributed by atoms with van der Waals surface area (Å²) in [6, 6.07) is -0.456. The molecule has 2 atom stereocenters. The van der Waals surface area contributed by atoms with Crippen molar-refractivity contribution in [1.29, 1.82) is 0 Å². The summed E-state index contributed by atoms with van der Waals surface area (Å²) in [5.74, 6) is -0.366. The normalized spacial score (nSPS) is 14.2. The highest BCUT2D eigenvalue weighted by atomic mass is 16.6. The largest absolute Gasteiger partial charge is 0.468 e. The first-order valence-electron chi connectivity index (χ1n) is 7.04. The molecule has 0 spiro atoms. The minimum atomic E-state index is -0.657. The number of aliphatic hydroxyl groups is 1. The SMILES string of the molecule is COC(=O)C(C)NCCN(CC(C)O)C(=O)OC(C)(C)C. The van der Waals surface area contributed by atoms with E-state index in [2.05, 4.69) is 10.1 Å². The number of hydrogen-bond acceptors (Lipinski definition) is 6. The Morgan fingerprint density at radius 2 is 1.86 bits per heavy atom. The molecule has 0 radical (unpaired) electrons. The van der Waals surface area contributed by atoms with Crippen LogP contribution in [0, 0.1) is 0 Å². The Balaban J connectivity index is 4.43. The lowest BCUT2D eigenvalue weighted by molar-refractivity contribution is -0.142. The van der Waals surface area contributed by atoms with E-state index in [9.17, 15) is 14.7 Å². The highest BCUT2D eigenvalue weighted by Gasteiger charge is 2.23. The van der Waals surface area contributed by atoms with Crippen LogP contribution in [0.25, 0.3) is 0 Å². The molecule has 124 valence electrons. The Hall–Kier alpha value is -1.34. The quantitative estimate of drug-likeness (QED) is 0.675. The molecule has 2 N–H and O–H groups in total. The van der Waals surface area contributed by atoms with Crippen LogP contribution in [0.1, 0.15) is 34.6 Å². The van der Waals surface area contributed by atoms with Gasteiger partial charge in [0.1, 0.15) is 11.6 Å². The number of aliphatic hydroxyl groups excluding tert-OH is 1. The van der Waals surface area contributed by atoms with Crippen LogP contribution in [0.15, 0.2) is 0 Å². The van der Waals surface area contributed by atoms with Crippen molar-refractivity contribution in [3.63, 3.8) is 0 Å². The summed E-state index contributed by atoms with van der Waals surface area (Å²) in [7, 11) is 1.32. The van der Waals surface area contributed by atoms with E-state index in [4.69, 9.17) is 4.74 Å². The van der Waals surface area contributed by atoms with Crippen molar-refractivity contribution in [2.75, 3.05) is 26.7 Å². The van der Waals surface area contributed by atoms with E-state index in [0.717, 1.165) is 0 Å². The molecule has 0 aliphatic rings. The minimum Gasteiger partial charge on any atom is -0.468 e. The van der Waals surface area contributed by atoms with Crippen LogP contribution >= 0.6 is 0 Å². The lowest BCUT2D eigenvalue weighted by Crippen LogP contribution is -2.45. The Bertz CT molecular complexity index is 339. The molecule has 0 aromatic carbocycles. The molecule has 0 rings (SSSR count). The first-order valence-corrected chi connectivity index (χ1v) is 7.04. The van der Waals surface area contributed by atoms with Crippen LogP contribution in [0.5, 0.6) is 0 Å². The van der Waals surface area contributed by atoms with Crippen molar-refractivity contribution in [2.45, 2.75) is 52.4 Å². The second-order valence-corrected chi connectivity index (χ2v) is 5.97. The van der Waals surface area contributed by atoms with Gasteiger partial charge in [-0.3, -0.25) is 4.79 Å². The van der Waals surface area contributed by atoms with Gasteiger partial charge in [0.2, 0.25) is 0 Å². The number of nitrogens with one attached hydrogen (secondary N) is 1. The van der Waals surface area contributed by atoms with Crippen molar-refractivity contribution >= 4 is 12.1 Å². The van der Waals surface area contributed by atoms with Crippen LogP contribution < -0.4 is 5.32 Å². The van der Waals surface area contributed by atoms with Crippen molar-refractivity contribution < 1.29 is 24.2 Å². The Kier molecular flexibility index (Phi) is 8.27. The second kappa shape index (κ2) is 8.84. The molecule has 7 nitrogen and oxygen atoms in total. The molecule has 0 fully saturated rings. The molecule has 0 aliphatic heterocycles. The molecular formula is C14H28N2O5. The average Bonchev–Trinajstić information content (AvgIpc) is 2.33. The van der Waals surface area contributed by atoms with Crippen molar-refractivity contribution in [3.05, 3.63) is 0 Å². The molecule has 2 unspecified atom stereocenters. The van der Waals surface area contributed by atoms with Gasteiger partial charge in [0.05, 0.1) is 13.2 Å². The minimum absolute atomic E-state index is 0.170. The Morgan fingerprint density at radius 3 is 2.29 bits per heavy atom. The van der Waals surface area contributed by atoms with Crippen LogP contribution in [-0.2, 0) is 14.3 Å². The standard InChI is InChI=1S/C14H28N2O5/c1-10(17)9-16(13(19)21-14(3,4)5)8-7-15-11(2)12(18)20-6/h10-11,15,17H,7-9H2,1-6H3. The van der Waals surface area contributed by atoms with Crippen molar-refractivity contribution in [3.8, 4) is 0 Å². The van der Waals surface area contributed by atoms with Gasteiger partial charge in [-0.25, -0.2) is 4.79 Å². The van der Waals surface area contributed by atoms with Crippen molar-refractivity contribution in [2.24, 2.45) is 0 Å². The molecule has 0 bridgehead atoms. The van der Waals surface area contributed by atoms with Gasteiger partial charge in [-0.1, -0.05) is 0 Å². The summed E-state index contributed by atoms with van der Waals surface area (Å²) in [4.78, 5) is 24.7. The number of methoxy groups -OCH3 is 1. The fraction of sp³-hybridized carbons (Fsp3) is 0.857. The third-order valence-electron chi connectivity index (χ3n) is 2.52. The predicted octanol–water partition coefficient (Wildman–Crippen LogP) is 0.755. The van der Waals surface area contributed by atoms with Gasteiger partial charge in [0, 0.05) is 19.6 Å². The summed E-state index contributed by atoms with van der Waals surface area (Å²) in [5, 5.41) is 12.4. The summed E-state index contributed by atoms with van der Waals surface area (Å²) in [6.45, 7) is 9.50. The Labute approximate surface area is 126 Å². The van der Waals surface area contributed by atoms with Gasteiger partial charge in [0.25, 0.3) is 0 Å². The number of carbonyl (C=O) groups is 2. The van der Waals surface area contributed by atoms with Gasteiger partial charge in [-0.05, 0) is 34.6 Å². The van der Waals surface area contributed by atoms with Crippen LogP contribution in [0.3, 0.4) is 0 Å². The average molecular weight is 304 g/mol. The maximum Gasteiger partial charge on any atom is 0.410 e. The number of rotatable bonds is 7. The molecule has 0 aromatic rings. The molecule has 0 heterocycles. The highest BCUT2D eigenvalue weighted by Crippen LogP contribution is 2.10. The molecule has 1 amide bonds. The summed E-state index contributed by atoms with van der Waals surface area (Å²) >= 11 is 0.